The molecule has 0 unspecified atom stereocenters. The van der Waals surface area contributed by atoms with Gasteiger partial charge in [-0.1, -0.05) is 13.8 Å². The fraction of sp³-hybridized carbons (Fsp3) is 0.867. The number of fused-ring (bicyclic) bond motifs is 3. The molecule has 3 aliphatic rings. The van der Waals surface area contributed by atoms with E-state index in [2.05, 4.69) is 0 Å². The van der Waals surface area contributed by atoms with Crippen molar-refractivity contribution in [3.63, 3.8) is 0 Å². The molecule has 112 valence electrons. The van der Waals surface area contributed by atoms with Gasteiger partial charge in [-0.3, -0.25) is 9.59 Å². The normalized spacial score (nSPS) is 47.2. The highest BCUT2D eigenvalue weighted by Gasteiger charge is 2.62. The van der Waals surface area contributed by atoms with Crippen LogP contribution in [0.15, 0.2) is 0 Å². The lowest BCUT2D eigenvalue weighted by Crippen LogP contribution is -2.57. The van der Waals surface area contributed by atoms with E-state index in [1.54, 1.807) is 0 Å². The summed E-state index contributed by atoms with van der Waals surface area (Å²) in [4.78, 5) is 24.2. The lowest BCUT2D eigenvalue weighted by molar-refractivity contribution is -0.196. The SMILES string of the molecule is C[C@@H]1COC(=O)[C@@]2(CCO)CC[C@@H]3[C@H](OC(=O)[C@H]3C)[C@@H]12. The number of hydrogen-bond acceptors (Lipinski definition) is 5. The second kappa shape index (κ2) is 4.72. The van der Waals surface area contributed by atoms with Gasteiger partial charge in [-0.15, -0.1) is 0 Å². The van der Waals surface area contributed by atoms with Crippen LogP contribution in [0.5, 0.6) is 0 Å². The molecule has 0 aromatic heterocycles. The van der Waals surface area contributed by atoms with E-state index in [9.17, 15) is 14.7 Å². The third-order valence-electron chi connectivity index (χ3n) is 5.66. The molecule has 2 aliphatic heterocycles. The topological polar surface area (TPSA) is 72.8 Å². The van der Waals surface area contributed by atoms with Crippen molar-refractivity contribution in [1.29, 1.82) is 0 Å². The fourth-order valence-electron chi connectivity index (χ4n) is 4.60. The van der Waals surface area contributed by atoms with Crippen molar-refractivity contribution in [2.75, 3.05) is 13.2 Å². The summed E-state index contributed by atoms with van der Waals surface area (Å²) in [5.74, 6) is -0.117. The Morgan fingerprint density at radius 3 is 2.80 bits per heavy atom. The Labute approximate surface area is 118 Å². The molecule has 2 saturated heterocycles. The van der Waals surface area contributed by atoms with Gasteiger partial charge in [0.05, 0.1) is 17.9 Å². The van der Waals surface area contributed by atoms with Gasteiger partial charge < -0.3 is 14.6 Å². The minimum absolute atomic E-state index is 0.0245. The van der Waals surface area contributed by atoms with Crippen LogP contribution >= 0.6 is 0 Å². The van der Waals surface area contributed by atoms with Crippen LogP contribution in [0, 0.1) is 29.1 Å². The molecular formula is C15H22O5. The van der Waals surface area contributed by atoms with Gasteiger partial charge in [-0.2, -0.15) is 0 Å². The number of aliphatic hydroxyl groups is 1. The number of ether oxygens (including phenoxy) is 2. The van der Waals surface area contributed by atoms with Gasteiger partial charge in [0.1, 0.15) is 6.10 Å². The van der Waals surface area contributed by atoms with Gasteiger partial charge in [0, 0.05) is 18.4 Å². The summed E-state index contributed by atoms with van der Waals surface area (Å²) in [7, 11) is 0. The Bertz CT molecular complexity index is 434. The van der Waals surface area contributed by atoms with Gasteiger partial charge >= 0.3 is 11.9 Å². The third-order valence-corrected chi connectivity index (χ3v) is 5.66. The number of carbonyl (C=O) groups excluding carboxylic acids is 2. The number of cyclic esters (lactones) is 1. The van der Waals surface area contributed by atoms with E-state index in [1.807, 2.05) is 13.8 Å². The maximum atomic E-state index is 12.4. The van der Waals surface area contributed by atoms with Crippen LogP contribution < -0.4 is 0 Å². The monoisotopic (exact) mass is 282 g/mol. The molecule has 6 atom stereocenters. The molecule has 5 heteroatoms. The quantitative estimate of drug-likeness (QED) is 0.769. The fourth-order valence-corrected chi connectivity index (χ4v) is 4.60. The number of carbonyl (C=O) groups is 2. The molecule has 0 amide bonds. The first-order valence-electron chi connectivity index (χ1n) is 7.50. The lowest BCUT2D eigenvalue weighted by atomic mass is 9.55. The van der Waals surface area contributed by atoms with Gasteiger partial charge in [0.25, 0.3) is 0 Å². The summed E-state index contributed by atoms with van der Waals surface area (Å²) in [5.41, 5.74) is -0.669. The standard InChI is InChI=1S/C15H22O5/c1-8-7-19-14(18)15(5-6-16)4-3-10-9(2)13(17)20-12(10)11(8)15/h8-12,16H,3-7H2,1-2H3/t8-,9+,10+,11-,12+,15-/m1/s1. The van der Waals surface area contributed by atoms with Gasteiger partial charge in [-0.05, 0) is 25.2 Å². The smallest absolute Gasteiger partial charge is 0.312 e. The molecule has 0 bridgehead atoms. The molecule has 0 aromatic rings. The first kappa shape index (κ1) is 13.9. The largest absolute Gasteiger partial charge is 0.465 e. The zero-order valence-electron chi connectivity index (χ0n) is 12.0. The predicted octanol–water partition coefficient (Wildman–Crippen LogP) is 1.14. The van der Waals surface area contributed by atoms with E-state index < -0.39 is 5.41 Å². The number of esters is 2. The van der Waals surface area contributed by atoms with E-state index in [1.165, 1.54) is 0 Å². The highest BCUT2D eigenvalue weighted by atomic mass is 16.6. The summed E-state index contributed by atoms with van der Waals surface area (Å²) in [6.45, 7) is 4.30. The van der Waals surface area contributed by atoms with Crippen molar-refractivity contribution in [3.05, 3.63) is 0 Å². The zero-order chi connectivity index (χ0) is 14.5. The Morgan fingerprint density at radius 2 is 2.10 bits per heavy atom. The molecule has 0 spiro atoms. The van der Waals surface area contributed by atoms with Crippen molar-refractivity contribution in [2.24, 2.45) is 29.1 Å². The van der Waals surface area contributed by atoms with Crippen molar-refractivity contribution in [2.45, 2.75) is 39.2 Å². The minimum atomic E-state index is -0.669. The Morgan fingerprint density at radius 1 is 1.35 bits per heavy atom. The number of aliphatic hydroxyl groups excluding tert-OH is 1. The van der Waals surface area contributed by atoms with Crippen LogP contribution in [-0.4, -0.2) is 36.4 Å². The van der Waals surface area contributed by atoms with Crippen LogP contribution in [0.3, 0.4) is 0 Å². The van der Waals surface area contributed by atoms with Gasteiger partial charge in [0.2, 0.25) is 0 Å². The molecule has 1 N–H and O–H groups in total. The van der Waals surface area contributed by atoms with Crippen molar-refractivity contribution >= 4 is 11.9 Å². The highest BCUT2D eigenvalue weighted by molar-refractivity contribution is 5.80. The highest BCUT2D eigenvalue weighted by Crippen LogP contribution is 2.56. The van der Waals surface area contributed by atoms with E-state index in [-0.39, 0.29) is 48.3 Å². The molecule has 1 aliphatic carbocycles. The molecule has 3 rings (SSSR count). The Balaban J connectivity index is 1.99. The second-order valence-corrected chi connectivity index (χ2v) is 6.62. The molecule has 0 aromatic carbocycles. The summed E-state index contributed by atoms with van der Waals surface area (Å²) >= 11 is 0. The number of rotatable bonds is 2. The second-order valence-electron chi connectivity index (χ2n) is 6.62. The van der Waals surface area contributed by atoms with E-state index >= 15 is 0 Å². The van der Waals surface area contributed by atoms with Crippen molar-refractivity contribution in [3.8, 4) is 0 Å². The first-order valence-corrected chi connectivity index (χ1v) is 7.50. The third kappa shape index (κ3) is 1.72. The summed E-state index contributed by atoms with van der Waals surface area (Å²) in [6, 6.07) is 0. The molecule has 5 nitrogen and oxygen atoms in total. The van der Waals surface area contributed by atoms with Gasteiger partial charge in [-0.25, -0.2) is 0 Å². The van der Waals surface area contributed by atoms with E-state index in [0.717, 1.165) is 6.42 Å². The molecule has 2 heterocycles. The van der Waals surface area contributed by atoms with Crippen LogP contribution in [0.4, 0.5) is 0 Å². The van der Waals surface area contributed by atoms with Crippen LogP contribution in [0.25, 0.3) is 0 Å². The van der Waals surface area contributed by atoms with Crippen molar-refractivity contribution in [1.82, 2.24) is 0 Å². The maximum absolute atomic E-state index is 12.4. The summed E-state index contributed by atoms with van der Waals surface area (Å²) < 4.78 is 10.9. The molecule has 1 saturated carbocycles. The first-order chi connectivity index (χ1) is 9.51. The zero-order valence-corrected chi connectivity index (χ0v) is 12.0. The molecular weight excluding hydrogens is 260 g/mol. The van der Waals surface area contributed by atoms with Gasteiger partial charge in [0.15, 0.2) is 0 Å². The maximum Gasteiger partial charge on any atom is 0.312 e. The van der Waals surface area contributed by atoms with Crippen LogP contribution in [0.1, 0.15) is 33.1 Å². The summed E-state index contributed by atoms with van der Waals surface area (Å²) in [6.07, 6.45) is 1.68. The lowest BCUT2D eigenvalue weighted by Gasteiger charge is -2.51. The van der Waals surface area contributed by atoms with Crippen LogP contribution in [-0.2, 0) is 19.1 Å². The molecule has 20 heavy (non-hydrogen) atoms. The molecule has 0 radical (unpaired) electrons. The minimum Gasteiger partial charge on any atom is -0.465 e. The van der Waals surface area contributed by atoms with Crippen molar-refractivity contribution < 1.29 is 24.2 Å². The summed E-state index contributed by atoms with van der Waals surface area (Å²) in [5, 5.41) is 9.39. The van der Waals surface area contributed by atoms with E-state index in [4.69, 9.17) is 9.47 Å². The average molecular weight is 282 g/mol. The Kier molecular flexibility index (Phi) is 3.27. The van der Waals surface area contributed by atoms with Crippen LogP contribution in [0.2, 0.25) is 0 Å². The molecule has 3 fully saturated rings. The van der Waals surface area contributed by atoms with E-state index in [0.29, 0.717) is 19.4 Å². The Hall–Kier alpha value is -1.10. The predicted molar refractivity (Wildman–Crippen MR) is 69.5 cm³/mol. The number of hydrogen-bond donors (Lipinski definition) is 1. The average Bonchev–Trinajstić information content (AvgIpc) is 2.70.